The molecule has 2 aromatic rings. The van der Waals surface area contributed by atoms with E-state index in [4.69, 9.17) is 4.74 Å². The standard InChI is InChI=1S/C17H18N2O3S/c1-11-10-23-15(18-11)14-7-4-8-19(14)16(20)12-5-3-6-13(9-12)17(21)22-2/h3,5-6,9-10,14H,4,7-8H2,1-2H3. The van der Waals surface area contributed by atoms with Crippen LogP contribution in [-0.4, -0.2) is 35.4 Å². The fourth-order valence-electron chi connectivity index (χ4n) is 2.85. The zero-order valence-corrected chi connectivity index (χ0v) is 13.9. The number of carbonyl (C=O) groups excluding carboxylic acids is 2. The zero-order valence-electron chi connectivity index (χ0n) is 13.1. The molecule has 1 fully saturated rings. The number of hydrogen-bond donors (Lipinski definition) is 0. The molecule has 1 aromatic carbocycles. The van der Waals surface area contributed by atoms with Crippen molar-refractivity contribution in [1.29, 1.82) is 0 Å². The molecule has 1 atom stereocenters. The smallest absolute Gasteiger partial charge is 0.337 e. The van der Waals surface area contributed by atoms with Crippen molar-refractivity contribution in [1.82, 2.24) is 9.88 Å². The van der Waals surface area contributed by atoms with E-state index in [2.05, 4.69) is 4.98 Å². The van der Waals surface area contributed by atoms with Crippen molar-refractivity contribution in [2.24, 2.45) is 0 Å². The van der Waals surface area contributed by atoms with Crippen LogP contribution in [0.5, 0.6) is 0 Å². The third-order valence-corrected chi connectivity index (χ3v) is 5.03. The number of carbonyl (C=O) groups is 2. The van der Waals surface area contributed by atoms with Gasteiger partial charge in [-0.25, -0.2) is 9.78 Å². The van der Waals surface area contributed by atoms with Crippen LogP contribution in [-0.2, 0) is 4.74 Å². The molecule has 0 radical (unpaired) electrons. The summed E-state index contributed by atoms with van der Waals surface area (Å²) in [4.78, 5) is 30.9. The molecule has 1 aliphatic rings. The maximum Gasteiger partial charge on any atom is 0.337 e. The molecule has 5 nitrogen and oxygen atoms in total. The molecule has 6 heteroatoms. The van der Waals surface area contributed by atoms with Crippen molar-refractivity contribution in [3.63, 3.8) is 0 Å². The van der Waals surface area contributed by atoms with E-state index in [1.165, 1.54) is 7.11 Å². The number of benzene rings is 1. The van der Waals surface area contributed by atoms with Crippen molar-refractivity contribution in [3.05, 3.63) is 51.5 Å². The van der Waals surface area contributed by atoms with E-state index < -0.39 is 5.97 Å². The number of likely N-dealkylation sites (tertiary alicyclic amines) is 1. The molecule has 2 heterocycles. The number of thiazole rings is 1. The largest absolute Gasteiger partial charge is 0.465 e. The minimum absolute atomic E-state index is 0.0305. The van der Waals surface area contributed by atoms with E-state index >= 15 is 0 Å². The molecule has 1 aliphatic heterocycles. The molecule has 1 saturated heterocycles. The number of aryl methyl sites for hydroxylation is 1. The second kappa shape index (κ2) is 6.50. The minimum atomic E-state index is -0.437. The first kappa shape index (κ1) is 15.7. The number of amides is 1. The topological polar surface area (TPSA) is 59.5 Å². The number of hydrogen-bond acceptors (Lipinski definition) is 5. The molecular weight excluding hydrogens is 312 g/mol. The van der Waals surface area contributed by atoms with Gasteiger partial charge < -0.3 is 9.64 Å². The molecule has 0 saturated carbocycles. The normalized spacial score (nSPS) is 17.3. The van der Waals surface area contributed by atoms with Gasteiger partial charge in [-0.3, -0.25) is 4.79 Å². The summed E-state index contributed by atoms with van der Waals surface area (Å²) in [6.07, 6.45) is 1.89. The van der Waals surface area contributed by atoms with Crippen molar-refractivity contribution in [2.45, 2.75) is 25.8 Å². The van der Waals surface area contributed by atoms with Gasteiger partial charge in [0, 0.05) is 23.2 Å². The molecular formula is C17H18N2O3S. The molecule has 0 aliphatic carbocycles. The summed E-state index contributed by atoms with van der Waals surface area (Å²) in [5.41, 5.74) is 1.88. The Hall–Kier alpha value is -2.21. The van der Waals surface area contributed by atoms with Crippen molar-refractivity contribution >= 4 is 23.2 Å². The van der Waals surface area contributed by atoms with Crippen LogP contribution in [0.4, 0.5) is 0 Å². The van der Waals surface area contributed by atoms with Crippen molar-refractivity contribution in [2.75, 3.05) is 13.7 Å². The number of methoxy groups -OCH3 is 1. The second-order valence-electron chi connectivity index (χ2n) is 5.56. The maximum atomic E-state index is 12.9. The Balaban J connectivity index is 1.86. The molecule has 0 N–H and O–H groups in total. The van der Waals surface area contributed by atoms with Crippen LogP contribution in [0.25, 0.3) is 0 Å². The fourth-order valence-corrected chi connectivity index (χ4v) is 3.80. The van der Waals surface area contributed by atoms with Crippen LogP contribution in [0.15, 0.2) is 29.6 Å². The number of nitrogens with zero attached hydrogens (tertiary/aromatic N) is 2. The van der Waals surface area contributed by atoms with Crippen LogP contribution < -0.4 is 0 Å². The van der Waals surface area contributed by atoms with Crippen LogP contribution >= 0.6 is 11.3 Å². The van der Waals surface area contributed by atoms with E-state index in [0.29, 0.717) is 17.7 Å². The number of esters is 1. The molecule has 120 valence electrons. The van der Waals surface area contributed by atoms with Crippen LogP contribution in [0.1, 0.15) is 50.3 Å². The summed E-state index contributed by atoms with van der Waals surface area (Å²) in [5, 5.41) is 2.99. The van der Waals surface area contributed by atoms with Crippen LogP contribution in [0.3, 0.4) is 0 Å². The average Bonchev–Trinajstić information content (AvgIpc) is 3.22. The van der Waals surface area contributed by atoms with Gasteiger partial charge >= 0.3 is 5.97 Å². The Morgan fingerprint density at radius 1 is 1.35 bits per heavy atom. The van der Waals surface area contributed by atoms with Gasteiger partial charge in [0.05, 0.1) is 18.7 Å². The van der Waals surface area contributed by atoms with Gasteiger partial charge in [0.1, 0.15) is 5.01 Å². The molecule has 0 spiro atoms. The van der Waals surface area contributed by atoms with Crippen molar-refractivity contribution < 1.29 is 14.3 Å². The Morgan fingerprint density at radius 3 is 2.83 bits per heavy atom. The highest BCUT2D eigenvalue weighted by Crippen LogP contribution is 2.34. The third kappa shape index (κ3) is 3.12. The lowest BCUT2D eigenvalue weighted by Gasteiger charge is -2.23. The Labute approximate surface area is 138 Å². The first-order chi connectivity index (χ1) is 11.1. The average molecular weight is 330 g/mol. The predicted octanol–water partition coefficient (Wildman–Crippen LogP) is 3.22. The van der Waals surface area contributed by atoms with E-state index in [1.54, 1.807) is 35.6 Å². The monoisotopic (exact) mass is 330 g/mol. The van der Waals surface area contributed by atoms with Crippen LogP contribution in [0, 0.1) is 6.92 Å². The van der Waals surface area contributed by atoms with Gasteiger partial charge in [0.2, 0.25) is 0 Å². The summed E-state index contributed by atoms with van der Waals surface area (Å²) in [7, 11) is 1.33. The quantitative estimate of drug-likeness (QED) is 0.811. The lowest BCUT2D eigenvalue weighted by Crippen LogP contribution is -2.30. The highest BCUT2D eigenvalue weighted by molar-refractivity contribution is 7.09. The van der Waals surface area contributed by atoms with E-state index in [0.717, 1.165) is 23.5 Å². The first-order valence-corrected chi connectivity index (χ1v) is 8.39. The highest BCUT2D eigenvalue weighted by Gasteiger charge is 2.32. The zero-order chi connectivity index (χ0) is 16.4. The van der Waals surface area contributed by atoms with Gasteiger partial charge in [0.25, 0.3) is 5.91 Å². The number of aromatic nitrogens is 1. The Morgan fingerprint density at radius 2 is 2.13 bits per heavy atom. The fraction of sp³-hybridized carbons (Fsp3) is 0.353. The molecule has 1 amide bonds. The van der Waals surface area contributed by atoms with Crippen molar-refractivity contribution in [3.8, 4) is 0 Å². The van der Waals surface area contributed by atoms with Gasteiger partial charge in [-0.15, -0.1) is 11.3 Å². The maximum absolute atomic E-state index is 12.9. The summed E-state index contributed by atoms with van der Waals surface area (Å²) >= 11 is 1.60. The summed E-state index contributed by atoms with van der Waals surface area (Å²) in [6.45, 7) is 2.67. The number of ether oxygens (including phenoxy) is 1. The van der Waals surface area contributed by atoms with E-state index in [9.17, 15) is 9.59 Å². The molecule has 1 aromatic heterocycles. The molecule has 3 rings (SSSR count). The summed E-state index contributed by atoms with van der Waals surface area (Å²) in [6, 6.07) is 6.71. The van der Waals surface area contributed by atoms with Gasteiger partial charge in [-0.1, -0.05) is 6.07 Å². The second-order valence-corrected chi connectivity index (χ2v) is 6.45. The van der Waals surface area contributed by atoms with E-state index in [1.807, 2.05) is 17.2 Å². The predicted molar refractivity (Wildman–Crippen MR) is 87.6 cm³/mol. The third-order valence-electron chi connectivity index (χ3n) is 3.97. The Kier molecular flexibility index (Phi) is 4.43. The lowest BCUT2D eigenvalue weighted by atomic mass is 10.1. The molecule has 0 bridgehead atoms. The molecule has 23 heavy (non-hydrogen) atoms. The SMILES string of the molecule is COC(=O)c1cccc(C(=O)N2CCCC2c2nc(C)cs2)c1. The summed E-state index contributed by atoms with van der Waals surface area (Å²) in [5.74, 6) is -0.501. The molecule has 1 unspecified atom stereocenters. The van der Waals surface area contributed by atoms with Gasteiger partial charge in [-0.2, -0.15) is 0 Å². The number of rotatable bonds is 3. The highest BCUT2D eigenvalue weighted by atomic mass is 32.1. The summed E-state index contributed by atoms with van der Waals surface area (Å²) < 4.78 is 4.72. The van der Waals surface area contributed by atoms with Crippen LogP contribution in [0.2, 0.25) is 0 Å². The minimum Gasteiger partial charge on any atom is -0.465 e. The van der Waals surface area contributed by atoms with Gasteiger partial charge in [0.15, 0.2) is 0 Å². The lowest BCUT2D eigenvalue weighted by molar-refractivity contribution is 0.0600. The first-order valence-electron chi connectivity index (χ1n) is 7.51. The van der Waals surface area contributed by atoms with E-state index in [-0.39, 0.29) is 11.9 Å². The Bertz CT molecular complexity index is 741. The van der Waals surface area contributed by atoms with Gasteiger partial charge in [-0.05, 0) is 38.0 Å².